The summed E-state index contributed by atoms with van der Waals surface area (Å²) in [6.07, 6.45) is 10.1. The van der Waals surface area contributed by atoms with Crippen LogP contribution in [0.25, 0.3) is 32.9 Å². The summed E-state index contributed by atoms with van der Waals surface area (Å²) in [5.74, 6) is 1.70. The smallest absolute Gasteiger partial charge is 0.319 e. The molecule has 0 radical (unpaired) electrons. The highest BCUT2D eigenvalue weighted by Gasteiger charge is 2.49. The fourth-order valence-corrected chi connectivity index (χ4v) is 7.46. The Kier molecular flexibility index (Phi) is 7.66. The molecule has 234 valence electrons. The third-order valence-corrected chi connectivity index (χ3v) is 9.64. The van der Waals surface area contributed by atoms with Crippen molar-refractivity contribution in [3.63, 3.8) is 0 Å². The van der Waals surface area contributed by atoms with Crippen LogP contribution in [0.2, 0.25) is 0 Å². The monoisotopic (exact) mass is 617 g/mol. The molecule has 0 amide bonds. The van der Waals surface area contributed by atoms with E-state index in [1.165, 1.54) is 30.5 Å². The number of terminal acetylenes is 1. The summed E-state index contributed by atoms with van der Waals surface area (Å²) < 4.78 is 57.5. The molecule has 2 aromatic carbocycles. The number of hydrogen-bond acceptors (Lipinski definition) is 8. The SMILES string of the molecule is C#Cc1c(F)ccc2cc(O)cc(-c3ncc4c(N5CCC(COC)CC5)nc(OC[C@@]56CCCN5C[C@H](F)C6)nc4c3F)c12. The van der Waals surface area contributed by atoms with Gasteiger partial charge in [0.05, 0.1) is 16.5 Å². The number of piperidine rings is 1. The summed E-state index contributed by atoms with van der Waals surface area (Å²) in [7, 11) is 1.69. The van der Waals surface area contributed by atoms with Gasteiger partial charge in [-0.05, 0) is 61.7 Å². The van der Waals surface area contributed by atoms with Crippen LogP contribution in [-0.2, 0) is 4.74 Å². The number of fused-ring (bicyclic) bond motifs is 3. The molecule has 3 fully saturated rings. The van der Waals surface area contributed by atoms with Crippen molar-refractivity contribution in [2.24, 2.45) is 5.92 Å². The van der Waals surface area contributed by atoms with Gasteiger partial charge in [0.2, 0.25) is 0 Å². The Bertz CT molecular complexity index is 1820. The second-order valence-corrected chi connectivity index (χ2v) is 12.4. The molecule has 3 aliphatic rings. The highest BCUT2D eigenvalue weighted by atomic mass is 19.1. The third-order valence-electron chi connectivity index (χ3n) is 9.64. The fourth-order valence-electron chi connectivity index (χ4n) is 7.46. The molecule has 2 aromatic heterocycles. The van der Waals surface area contributed by atoms with Crippen molar-refractivity contribution in [1.29, 1.82) is 0 Å². The lowest BCUT2D eigenvalue weighted by Gasteiger charge is -2.33. The molecule has 2 atom stereocenters. The van der Waals surface area contributed by atoms with Crippen LogP contribution in [0.1, 0.15) is 37.7 Å². The maximum Gasteiger partial charge on any atom is 0.319 e. The van der Waals surface area contributed by atoms with E-state index in [2.05, 4.69) is 25.7 Å². The van der Waals surface area contributed by atoms with Gasteiger partial charge in [0.15, 0.2) is 5.82 Å². The number of alkyl halides is 1. The van der Waals surface area contributed by atoms with Gasteiger partial charge in [0.1, 0.15) is 41.4 Å². The Morgan fingerprint density at radius 2 is 1.98 bits per heavy atom. The van der Waals surface area contributed by atoms with Crippen LogP contribution in [0.15, 0.2) is 30.5 Å². The summed E-state index contributed by atoms with van der Waals surface area (Å²) >= 11 is 0. The molecule has 4 aromatic rings. The zero-order chi connectivity index (χ0) is 31.3. The van der Waals surface area contributed by atoms with Gasteiger partial charge in [-0.2, -0.15) is 9.97 Å². The van der Waals surface area contributed by atoms with Gasteiger partial charge in [0, 0.05) is 56.9 Å². The summed E-state index contributed by atoms with van der Waals surface area (Å²) in [6, 6.07) is 5.44. The second kappa shape index (κ2) is 11.7. The number of rotatable bonds is 7. The number of ether oxygens (including phenoxy) is 2. The van der Waals surface area contributed by atoms with Gasteiger partial charge in [-0.25, -0.2) is 13.2 Å². The highest BCUT2D eigenvalue weighted by Crippen LogP contribution is 2.42. The van der Waals surface area contributed by atoms with E-state index in [9.17, 15) is 13.9 Å². The second-order valence-electron chi connectivity index (χ2n) is 12.4. The topological polar surface area (TPSA) is 83.8 Å². The fraction of sp³-hybridized carbons (Fsp3) is 0.441. The number of anilines is 1. The number of halogens is 3. The number of phenolic OH excluding ortho intramolecular Hbond substituents is 1. The molecule has 0 saturated carbocycles. The molecule has 0 aliphatic carbocycles. The van der Waals surface area contributed by atoms with E-state index in [1.54, 1.807) is 7.11 Å². The minimum atomic E-state index is -0.920. The minimum Gasteiger partial charge on any atom is -0.508 e. The lowest BCUT2D eigenvalue weighted by Crippen LogP contribution is -2.43. The molecular formula is C34H34F3N5O3. The average Bonchev–Trinajstić information content (AvgIpc) is 3.56. The molecule has 11 heteroatoms. The standard InChI is InChI=1S/C34H34F3N5O3/c1-3-24-27(36)6-5-21-13-23(43)14-25(28(21)24)30-29(37)31-26(16-38-30)32(41-11-7-20(8-12-41)18-44-2)40-33(39-31)45-19-34-9-4-10-42(34)17-22(35)15-34/h1,5-6,13-14,16,20,22,43H,4,7-12,15,17-19H2,2H3/t22-,34+/m1/s1. The van der Waals surface area contributed by atoms with Crippen LogP contribution >= 0.6 is 0 Å². The molecule has 5 heterocycles. The van der Waals surface area contributed by atoms with Gasteiger partial charge in [-0.1, -0.05) is 12.0 Å². The van der Waals surface area contributed by atoms with Crippen LogP contribution in [0.5, 0.6) is 11.8 Å². The van der Waals surface area contributed by atoms with Crippen molar-refractivity contribution in [2.45, 2.75) is 43.8 Å². The Morgan fingerprint density at radius 3 is 2.76 bits per heavy atom. The van der Waals surface area contributed by atoms with Gasteiger partial charge >= 0.3 is 6.01 Å². The molecular weight excluding hydrogens is 583 g/mol. The van der Waals surface area contributed by atoms with E-state index in [1.807, 2.05) is 0 Å². The summed E-state index contributed by atoms with van der Waals surface area (Å²) in [5, 5.41) is 11.6. The van der Waals surface area contributed by atoms with Crippen LogP contribution in [0.3, 0.4) is 0 Å². The van der Waals surface area contributed by atoms with Gasteiger partial charge in [-0.15, -0.1) is 6.42 Å². The lowest BCUT2D eigenvalue weighted by atomic mass is 9.95. The highest BCUT2D eigenvalue weighted by molar-refractivity contribution is 6.03. The minimum absolute atomic E-state index is 0.00720. The van der Waals surface area contributed by atoms with Crippen molar-refractivity contribution in [3.05, 3.63) is 47.7 Å². The molecule has 8 nitrogen and oxygen atoms in total. The predicted octanol–water partition coefficient (Wildman–Crippen LogP) is 5.63. The lowest BCUT2D eigenvalue weighted by molar-refractivity contribution is 0.107. The molecule has 1 N–H and O–H groups in total. The quantitative estimate of drug-likeness (QED) is 0.268. The van der Waals surface area contributed by atoms with E-state index in [0.717, 1.165) is 32.2 Å². The number of aromatic hydroxyl groups is 1. The average molecular weight is 618 g/mol. The molecule has 0 spiro atoms. The number of phenols is 1. The zero-order valence-corrected chi connectivity index (χ0v) is 25.0. The summed E-state index contributed by atoms with van der Waals surface area (Å²) in [6.45, 7) is 3.39. The first kappa shape index (κ1) is 29.6. The van der Waals surface area contributed by atoms with Crippen LogP contribution in [0.4, 0.5) is 19.0 Å². The summed E-state index contributed by atoms with van der Waals surface area (Å²) in [4.78, 5) is 18.0. The molecule has 3 aliphatic heterocycles. The molecule has 45 heavy (non-hydrogen) atoms. The van der Waals surface area contributed by atoms with E-state index in [-0.39, 0.29) is 46.1 Å². The van der Waals surface area contributed by atoms with Crippen LogP contribution in [-0.4, -0.2) is 83.2 Å². The molecule has 0 unspecified atom stereocenters. The molecule has 7 rings (SSSR count). The number of benzene rings is 2. The Balaban J connectivity index is 1.35. The van der Waals surface area contributed by atoms with E-state index in [0.29, 0.717) is 55.2 Å². The van der Waals surface area contributed by atoms with Crippen molar-refractivity contribution in [1.82, 2.24) is 19.9 Å². The molecule has 3 saturated heterocycles. The van der Waals surface area contributed by atoms with Gasteiger partial charge in [-0.3, -0.25) is 9.88 Å². The maximum absolute atomic E-state index is 16.7. The number of pyridine rings is 1. The Morgan fingerprint density at radius 1 is 1.16 bits per heavy atom. The first-order chi connectivity index (χ1) is 21.8. The Hall–Kier alpha value is -4.14. The largest absolute Gasteiger partial charge is 0.508 e. The van der Waals surface area contributed by atoms with Gasteiger partial charge < -0.3 is 19.5 Å². The van der Waals surface area contributed by atoms with Crippen molar-refractivity contribution in [3.8, 4) is 35.4 Å². The van der Waals surface area contributed by atoms with Gasteiger partial charge in [0.25, 0.3) is 0 Å². The van der Waals surface area contributed by atoms with E-state index in [4.69, 9.17) is 20.9 Å². The number of aromatic nitrogens is 3. The first-order valence-electron chi connectivity index (χ1n) is 15.3. The number of nitrogens with zero attached hydrogens (tertiary/aromatic N) is 5. The summed E-state index contributed by atoms with van der Waals surface area (Å²) in [5.41, 5.74) is -0.520. The normalized spacial score (nSPS) is 22.3. The van der Waals surface area contributed by atoms with Crippen molar-refractivity contribution >= 4 is 27.5 Å². The number of hydrogen-bond donors (Lipinski definition) is 1. The first-order valence-corrected chi connectivity index (χ1v) is 15.3. The third kappa shape index (κ3) is 5.20. The Labute approximate surface area is 259 Å². The molecule has 0 bridgehead atoms. The van der Waals surface area contributed by atoms with Crippen molar-refractivity contribution in [2.75, 3.05) is 51.4 Å². The van der Waals surface area contributed by atoms with Crippen molar-refractivity contribution < 1.29 is 27.8 Å². The van der Waals surface area contributed by atoms with E-state index >= 15 is 4.39 Å². The zero-order valence-electron chi connectivity index (χ0n) is 25.0. The van der Waals surface area contributed by atoms with E-state index < -0.39 is 23.3 Å². The predicted molar refractivity (Wildman–Crippen MR) is 165 cm³/mol. The van der Waals surface area contributed by atoms with Crippen LogP contribution < -0.4 is 9.64 Å². The maximum atomic E-state index is 16.7. The number of methoxy groups -OCH3 is 1. The van der Waals surface area contributed by atoms with Crippen LogP contribution in [0, 0.1) is 29.9 Å².